The van der Waals surface area contributed by atoms with E-state index in [0.717, 1.165) is 5.69 Å². The highest BCUT2D eigenvalue weighted by Gasteiger charge is 2.27. The monoisotopic (exact) mass is 380 g/mol. The van der Waals surface area contributed by atoms with Crippen molar-refractivity contribution in [2.75, 3.05) is 11.9 Å². The molecule has 0 aromatic heterocycles. The highest BCUT2D eigenvalue weighted by Crippen LogP contribution is 2.24. The van der Waals surface area contributed by atoms with Crippen LogP contribution in [0.25, 0.3) is 0 Å². The van der Waals surface area contributed by atoms with Gasteiger partial charge in [0.1, 0.15) is 0 Å². The van der Waals surface area contributed by atoms with Gasteiger partial charge in [-0.1, -0.05) is 24.3 Å². The summed E-state index contributed by atoms with van der Waals surface area (Å²) in [5.74, 6) is -1.51. The maximum absolute atomic E-state index is 12.7. The molecular weight excluding hydrogens is 356 g/mol. The minimum Gasteiger partial charge on any atom is -0.481 e. The van der Waals surface area contributed by atoms with Crippen molar-refractivity contribution in [2.24, 2.45) is 5.92 Å². The predicted molar refractivity (Wildman–Crippen MR) is 106 cm³/mol. The smallest absolute Gasteiger partial charge is 0.306 e. The number of anilines is 1. The molecule has 0 bridgehead atoms. The Morgan fingerprint density at radius 2 is 1.57 bits per heavy atom. The normalized spacial score (nSPS) is 18.9. The molecule has 2 amide bonds. The number of benzene rings is 2. The summed E-state index contributed by atoms with van der Waals surface area (Å²) < 4.78 is 0. The number of carboxylic acid groups (broad SMARTS) is 1. The zero-order chi connectivity index (χ0) is 20.1. The summed E-state index contributed by atoms with van der Waals surface area (Å²) in [7, 11) is 1.70. The summed E-state index contributed by atoms with van der Waals surface area (Å²) in [6.07, 6.45) is 2.44. The van der Waals surface area contributed by atoms with Crippen LogP contribution in [-0.2, 0) is 4.79 Å². The maximum Gasteiger partial charge on any atom is 0.306 e. The first-order valence-corrected chi connectivity index (χ1v) is 9.42. The molecule has 146 valence electrons. The van der Waals surface area contributed by atoms with Gasteiger partial charge in [0.2, 0.25) is 0 Å². The number of rotatable bonds is 5. The lowest BCUT2D eigenvalue weighted by atomic mass is 9.86. The van der Waals surface area contributed by atoms with Gasteiger partial charge < -0.3 is 15.3 Å². The maximum atomic E-state index is 12.7. The van der Waals surface area contributed by atoms with E-state index in [1.54, 1.807) is 36.2 Å². The molecule has 2 aromatic rings. The van der Waals surface area contributed by atoms with Gasteiger partial charge >= 0.3 is 5.97 Å². The minimum absolute atomic E-state index is 0.0329. The van der Waals surface area contributed by atoms with E-state index < -0.39 is 5.97 Å². The number of hydrogen-bond donors (Lipinski definition) is 2. The van der Waals surface area contributed by atoms with E-state index in [1.807, 2.05) is 30.3 Å². The molecule has 0 spiro atoms. The molecule has 2 aromatic carbocycles. The van der Waals surface area contributed by atoms with Crippen LogP contribution in [0.5, 0.6) is 0 Å². The van der Waals surface area contributed by atoms with Crippen LogP contribution in [0.15, 0.2) is 54.6 Å². The van der Waals surface area contributed by atoms with E-state index in [2.05, 4.69) is 5.32 Å². The molecule has 3 rings (SSSR count). The van der Waals surface area contributed by atoms with Gasteiger partial charge in [0.25, 0.3) is 11.8 Å². The molecule has 1 saturated carbocycles. The van der Waals surface area contributed by atoms with E-state index in [0.29, 0.717) is 36.8 Å². The molecule has 6 nitrogen and oxygen atoms in total. The van der Waals surface area contributed by atoms with Crippen LogP contribution in [0, 0.1) is 5.92 Å². The molecule has 0 heterocycles. The molecule has 0 atom stereocenters. The Morgan fingerprint density at radius 3 is 2.21 bits per heavy atom. The summed E-state index contributed by atoms with van der Waals surface area (Å²) in [4.78, 5) is 37.9. The number of nitrogens with one attached hydrogen (secondary N) is 1. The summed E-state index contributed by atoms with van der Waals surface area (Å²) in [6, 6.07) is 15.9. The van der Waals surface area contributed by atoms with Gasteiger partial charge in [-0.05, 0) is 56.0 Å². The van der Waals surface area contributed by atoms with Crippen molar-refractivity contribution in [1.29, 1.82) is 0 Å². The predicted octanol–water partition coefficient (Wildman–Crippen LogP) is 3.34. The van der Waals surface area contributed by atoms with E-state index in [-0.39, 0.29) is 23.8 Å². The third-order valence-corrected chi connectivity index (χ3v) is 5.23. The lowest BCUT2D eigenvalue weighted by Gasteiger charge is -2.26. The number of carbonyl (C=O) groups excluding carboxylic acids is 2. The average Bonchev–Trinajstić information content (AvgIpc) is 2.73. The van der Waals surface area contributed by atoms with Crippen LogP contribution in [0.2, 0.25) is 0 Å². The Morgan fingerprint density at radius 1 is 0.929 bits per heavy atom. The van der Waals surface area contributed by atoms with Crippen LogP contribution in [0.4, 0.5) is 5.69 Å². The second-order valence-electron chi connectivity index (χ2n) is 7.14. The van der Waals surface area contributed by atoms with E-state index in [9.17, 15) is 14.4 Å². The van der Waals surface area contributed by atoms with Gasteiger partial charge in [-0.3, -0.25) is 14.4 Å². The zero-order valence-corrected chi connectivity index (χ0v) is 15.8. The summed E-state index contributed by atoms with van der Waals surface area (Å²) in [5.41, 5.74) is 1.64. The largest absolute Gasteiger partial charge is 0.481 e. The number of carbonyl (C=O) groups is 3. The number of aliphatic carboxylic acids is 1. The lowest BCUT2D eigenvalue weighted by molar-refractivity contribution is -0.142. The molecule has 0 saturated heterocycles. The quantitative estimate of drug-likeness (QED) is 0.833. The number of amides is 2. The minimum atomic E-state index is -0.765. The van der Waals surface area contributed by atoms with Crippen molar-refractivity contribution in [3.05, 3.63) is 65.7 Å². The van der Waals surface area contributed by atoms with E-state index in [1.165, 1.54) is 0 Å². The third kappa shape index (κ3) is 4.57. The SMILES string of the molecule is CN(C(=O)c1cccc(C(=O)NC2CCC(C(=O)O)CC2)c1)c1ccccc1. The molecule has 1 aliphatic carbocycles. The standard InChI is InChI=1S/C22H24N2O4/c1-24(19-8-3-2-4-9-19)21(26)17-7-5-6-16(14-17)20(25)23-18-12-10-15(11-13-18)22(27)28/h2-9,14-15,18H,10-13H2,1H3,(H,23,25)(H,27,28). The van der Waals surface area contributed by atoms with Crippen LogP contribution < -0.4 is 10.2 Å². The van der Waals surface area contributed by atoms with Crippen LogP contribution in [0.3, 0.4) is 0 Å². The van der Waals surface area contributed by atoms with Crippen molar-refractivity contribution in [3.8, 4) is 0 Å². The Labute approximate surface area is 164 Å². The molecule has 6 heteroatoms. The number of para-hydroxylation sites is 1. The Balaban J connectivity index is 1.65. The van der Waals surface area contributed by atoms with Crippen molar-refractivity contribution in [1.82, 2.24) is 5.32 Å². The van der Waals surface area contributed by atoms with E-state index in [4.69, 9.17) is 5.11 Å². The topological polar surface area (TPSA) is 86.7 Å². The second kappa shape index (κ2) is 8.69. The fourth-order valence-corrected chi connectivity index (χ4v) is 3.51. The van der Waals surface area contributed by atoms with Gasteiger partial charge in [0.05, 0.1) is 5.92 Å². The third-order valence-electron chi connectivity index (χ3n) is 5.23. The average molecular weight is 380 g/mol. The van der Waals surface area contributed by atoms with Crippen LogP contribution in [0.1, 0.15) is 46.4 Å². The van der Waals surface area contributed by atoms with Crippen molar-refractivity contribution < 1.29 is 19.5 Å². The first kappa shape index (κ1) is 19.6. The van der Waals surface area contributed by atoms with Crippen molar-refractivity contribution >= 4 is 23.5 Å². The van der Waals surface area contributed by atoms with Gasteiger partial charge in [-0.25, -0.2) is 0 Å². The second-order valence-corrected chi connectivity index (χ2v) is 7.14. The number of nitrogens with zero attached hydrogens (tertiary/aromatic N) is 1. The fraction of sp³-hybridized carbons (Fsp3) is 0.318. The van der Waals surface area contributed by atoms with Crippen LogP contribution >= 0.6 is 0 Å². The summed E-state index contributed by atoms with van der Waals surface area (Å²) in [5, 5.41) is 12.0. The number of hydrogen-bond acceptors (Lipinski definition) is 3. The Bertz CT molecular complexity index is 858. The Hall–Kier alpha value is -3.15. The first-order valence-electron chi connectivity index (χ1n) is 9.42. The molecule has 2 N–H and O–H groups in total. The first-order chi connectivity index (χ1) is 13.5. The summed E-state index contributed by atoms with van der Waals surface area (Å²) >= 11 is 0. The molecule has 0 aliphatic heterocycles. The molecule has 0 unspecified atom stereocenters. The highest BCUT2D eigenvalue weighted by molar-refractivity contribution is 6.07. The molecule has 1 fully saturated rings. The van der Waals surface area contributed by atoms with Gasteiger partial charge in [0, 0.05) is 29.9 Å². The number of carboxylic acids is 1. The lowest BCUT2D eigenvalue weighted by Crippen LogP contribution is -2.38. The molecule has 0 radical (unpaired) electrons. The molecule has 1 aliphatic rings. The highest BCUT2D eigenvalue weighted by atomic mass is 16.4. The Kier molecular flexibility index (Phi) is 6.09. The van der Waals surface area contributed by atoms with Crippen LogP contribution in [-0.4, -0.2) is 36.0 Å². The van der Waals surface area contributed by atoms with Crippen molar-refractivity contribution in [3.63, 3.8) is 0 Å². The van der Waals surface area contributed by atoms with Crippen molar-refractivity contribution in [2.45, 2.75) is 31.7 Å². The van der Waals surface area contributed by atoms with E-state index >= 15 is 0 Å². The summed E-state index contributed by atoms with van der Waals surface area (Å²) in [6.45, 7) is 0. The molecule has 28 heavy (non-hydrogen) atoms. The van der Waals surface area contributed by atoms with Gasteiger partial charge in [-0.15, -0.1) is 0 Å². The fourth-order valence-electron chi connectivity index (χ4n) is 3.51. The zero-order valence-electron chi connectivity index (χ0n) is 15.8. The van der Waals surface area contributed by atoms with Gasteiger partial charge in [0.15, 0.2) is 0 Å². The molecular formula is C22H24N2O4. The van der Waals surface area contributed by atoms with Gasteiger partial charge in [-0.2, -0.15) is 0 Å².